The number of rotatable bonds is 8. The van der Waals surface area contributed by atoms with Crippen molar-refractivity contribution in [3.05, 3.63) is 54.2 Å². The van der Waals surface area contributed by atoms with Gasteiger partial charge in [0.1, 0.15) is 23.9 Å². The van der Waals surface area contributed by atoms with Crippen molar-refractivity contribution in [2.75, 3.05) is 12.4 Å². The summed E-state index contributed by atoms with van der Waals surface area (Å²) in [5, 5.41) is 12.4. The van der Waals surface area contributed by atoms with E-state index in [1.165, 1.54) is 12.1 Å². The van der Waals surface area contributed by atoms with Gasteiger partial charge >= 0.3 is 0 Å². The van der Waals surface area contributed by atoms with Crippen molar-refractivity contribution in [3.8, 4) is 5.75 Å². The third-order valence-electron chi connectivity index (χ3n) is 2.99. The summed E-state index contributed by atoms with van der Waals surface area (Å²) in [6.07, 6.45) is 2.45. The van der Waals surface area contributed by atoms with Crippen LogP contribution >= 0.6 is 11.8 Å². The standard InChI is InChI=1S/C15H15FN4O2S/c16-12-4-6-13(7-5-12)21-9-2-10-23-15-17-18-19-20(15)11-14-3-1-8-22-14/h1,3-8H,2,9-11H2. The van der Waals surface area contributed by atoms with Crippen LogP contribution in [0.5, 0.6) is 5.75 Å². The Morgan fingerprint density at radius 3 is 2.87 bits per heavy atom. The molecule has 0 N–H and O–H groups in total. The van der Waals surface area contributed by atoms with Gasteiger partial charge in [-0.2, -0.15) is 0 Å². The van der Waals surface area contributed by atoms with Crippen LogP contribution in [0.4, 0.5) is 4.39 Å². The molecule has 120 valence electrons. The summed E-state index contributed by atoms with van der Waals surface area (Å²) in [5.74, 6) is 2.02. The second kappa shape index (κ2) is 7.77. The molecule has 2 aromatic heterocycles. The Hall–Kier alpha value is -2.35. The normalized spacial score (nSPS) is 10.8. The summed E-state index contributed by atoms with van der Waals surface area (Å²) in [5.41, 5.74) is 0. The molecule has 0 amide bonds. The van der Waals surface area contributed by atoms with Gasteiger partial charge in [0.2, 0.25) is 5.16 Å². The summed E-state index contributed by atoms with van der Waals surface area (Å²) in [6, 6.07) is 9.71. The number of hydrogen-bond donors (Lipinski definition) is 0. The van der Waals surface area contributed by atoms with Crippen molar-refractivity contribution in [1.29, 1.82) is 0 Å². The van der Waals surface area contributed by atoms with Gasteiger partial charge in [-0.05, 0) is 53.2 Å². The lowest BCUT2D eigenvalue weighted by atomic mass is 10.3. The van der Waals surface area contributed by atoms with Crippen LogP contribution in [0.25, 0.3) is 0 Å². The van der Waals surface area contributed by atoms with E-state index in [-0.39, 0.29) is 5.82 Å². The molecule has 3 aromatic rings. The van der Waals surface area contributed by atoms with Crippen molar-refractivity contribution < 1.29 is 13.5 Å². The SMILES string of the molecule is Fc1ccc(OCCCSc2nnnn2Cc2ccco2)cc1. The van der Waals surface area contributed by atoms with Crippen LogP contribution in [0.3, 0.4) is 0 Å². The first kappa shape index (κ1) is 15.5. The van der Waals surface area contributed by atoms with Crippen LogP contribution in [-0.4, -0.2) is 32.6 Å². The van der Waals surface area contributed by atoms with Crippen LogP contribution < -0.4 is 4.74 Å². The van der Waals surface area contributed by atoms with Gasteiger partial charge in [0.15, 0.2) is 0 Å². The summed E-state index contributed by atoms with van der Waals surface area (Å²) in [4.78, 5) is 0. The van der Waals surface area contributed by atoms with Gasteiger partial charge in [-0.3, -0.25) is 0 Å². The number of halogens is 1. The van der Waals surface area contributed by atoms with Gasteiger partial charge in [0.25, 0.3) is 0 Å². The summed E-state index contributed by atoms with van der Waals surface area (Å²) in [6.45, 7) is 1.06. The first-order chi connectivity index (χ1) is 11.3. The second-order valence-corrected chi connectivity index (χ2v) is 5.76. The quantitative estimate of drug-likeness (QED) is 0.466. The van der Waals surface area contributed by atoms with Gasteiger partial charge in [-0.1, -0.05) is 11.8 Å². The number of thioether (sulfide) groups is 1. The molecule has 0 aliphatic carbocycles. The van der Waals surface area contributed by atoms with Crippen LogP contribution in [-0.2, 0) is 6.54 Å². The Morgan fingerprint density at radius 2 is 2.09 bits per heavy atom. The minimum atomic E-state index is -0.267. The van der Waals surface area contributed by atoms with Gasteiger partial charge in [0.05, 0.1) is 12.9 Å². The molecule has 0 fully saturated rings. The molecule has 0 spiro atoms. The monoisotopic (exact) mass is 334 g/mol. The van der Waals surface area contributed by atoms with E-state index in [0.717, 1.165) is 23.1 Å². The fraction of sp³-hybridized carbons (Fsp3) is 0.267. The average Bonchev–Trinajstić information content (AvgIpc) is 3.22. The predicted molar refractivity (Wildman–Crippen MR) is 82.9 cm³/mol. The fourth-order valence-electron chi connectivity index (χ4n) is 1.89. The molecule has 1 aromatic carbocycles. The molecule has 0 atom stereocenters. The molecule has 0 aliphatic rings. The first-order valence-electron chi connectivity index (χ1n) is 7.11. The Labute approximate surface area is 136 Å². The smallest absolute Gasteiger partial charge is 0.209 e. The molecule has 0 saturated carbocycles. The Morgan fingerprint density at radius 1 is 1.22 bits per heavy atom. The Bertz CT molecular complexity index is 715. The van der Waals surface area contributed by atoms with E-state index in [9.17, 15) is 4.39 Å². The highest BCUT2D eigenvalue weighted by Crippen LogP contribution is 2.17. The third-order valence-corrected chi connectivity index (χ3v) is 4.03. The lowest BCUT2D eigenvalue weighted by Gasteiger charge is -2.06. The summed E-state index contributed by atoms with van der Waals surface area (Å²) < 4.78 is 25.3. The van der Waals surface area contributed by atoms with E-state index in [1.54, 1.807) is 34.8 Å². The van der Waals surface area contributed by atoms with Crippen molar-refractivity contribution >= 4 is 11.8 Å². The average molecular weight is 334 g/mol. The zero-order chi connectivity index (χ0) is 15.9. The predicted octanol–water partition coefficient (Wildman–Crippen LogP) is 3.01. The highest BCUT2D eigenvalue weighted by molar-refractivity contribution is 7.99. The molecule has 0 saturated heterocycles. The first-order valence-corrected chi connectivity index (χ1v) is 8.09. The Kier molecular flexibility index (Phi) is 5.25. The number of tetrazole rings is 1. The van der Waals surface area contributed by atoms with Crippen molar-refractivity contribution in [3.63, 3.8) is 0 Å². The van der Waals surface area contributed by atoms with Gasteiger partial charge in [-0.25, -0.2) is 9.07 Å². The van der Waals surface area contributed by atoms with Crippen molar-refractivity contribution in [1.82, 2.24) is 20.2 Å². The van der Waals surface area contributed by atoms with E-state index >= 15 is 0 Å². The highest BCUT2D eigenvalue weighted by Gasteiger charge is 2.08. The molecule has 6 nitrogen and oxygen atoms in total. The van der Waals surface area contributed by atoms with Gasteiger partial charge in [0, 0.05) is 5.75 Å². The highest BCUT2D eigenvalue weighted by atomic mass is 32.2. The molecular weight excluding hydrogens is 319 g/mol. The molecule has 3 rings (SSSR count). The second-order valence-electron chi connectivity index (χ2n) is 4.70. The number of aromatic nitrogens is 4. The van der Waals surface area contributed by atoms with E-state index in [4.69, 9.17) is 9.15 Å². The minimum absolute atomic E-state index is 0.267. The van der Waals surface area contributed by atoms with Crippen LogP contribution in [0.1, 0.15) is 12.2 Å². The maximum Gasteiger partial charge on any atom is 0.209 e. The van der Waals surface area contributed by atoms with Crippen molar-refractivity contribution in [2.24, 2.45) is 0 Å². The minimum Gasteiger partial charge on any atom is -0.494 e. The number of furan rings is 1. The molecule has 2 heterocycles. The van der Waals surface area contributed by atoms with Crippen LogP contribution in [0, 0.1) is 5.82 Å². The van der Waals surface area contributed by atoms with Gasteiger partial charge in [-0.15, -0.1) is 5.10 Å². The van der Waals surface area contributed by atoms with Crippen LogP contribution in [0.15, 0.2) is 52.2 Å². The summed E-state index contributed by atoms with van der Waals surface area (Å²) in [7, 11) is 0. The van der Waals surface area contributed by atoms with E-state index in [0.29, 0.717) is 18.9 Å². The molecule has 0 unspecified atom stereocenters. The number of hydrogen-bond acceptors (Lipinski definition) is 6. The fourth-order valence-corrected chi connectivity index (χ4v) is 2.68. The molecule has 8 heteroatoms. The largest absolute Gasteiger partial charge is 0.494 e. The molecule has 0 radical (unpaired) electrons. The molecule has 0 bridgehead atoms. The van der Waals surface area contributed by atoms with Gasteiger partial charge < -0.3 is 9.15 Å². The molecule has 23 heavy (non-hydrogen) atoms. The van der Waals surface area contributed by atoms with Crippen LogP contribution in [0.2, 0.25) is 0 Å². The zero-order valence-corrected chi connectivity index (χ0v) is 13.1. The maximum absolute atomic E-state index is 12.8. The van der Waals surface area contributed by atoms with E-state index in [2.05, 4.69) is 15.5 Å². The number of benzene rings is 1. The summed E-state index contributed by atoms with van der Waals surface area (Å²) >= 11 is 1.56. The lowest BCUT2D eigenvalue weighted by Crippen LogP contribution is -2.04. The zero-order valence-electron chi connectivity index (χ0n) is 12.3. The topological polar surface area (TPSA) is 66.0 Å². The lowest BCUT2D eigenvalue weighted by molar-refractivity contribution is 0.318. The molecule has 0 aliphatic heterocycles. The van der Waals surface area contributed by atoms with E-state index in [1.807, 2.05) is 12.1 Å². The number of ether oxygens (including phenoxy) is 1. The third kappa shape index (κ3) is 4.56. The Balaban J connectivity index is 1.41. The van der Waals surface area contributed by atoms with E-state index < -0.39 is 0 Å². The van der Waals surface area contributed by atoms with Crippen molar-refractivity contribution in [2.45, 2.75) is 18.1 Å². The number of nitrogens with zero attached hydrogens (tertiary/aromatic N) is 4. The maximum atomic E-state index is 12.8. The molecular formula is C15H15FN4O2S.